The molecular formula is C14H12BrN3O3. The van der Waals surface area contributed by atoms with Gasteiger partial charge >= 0.3 is 5.97 Å². The molecule has 7 heteroatoms. The molecule has 0 atom stereocenters. The number of aryl methyl sites for hydroxylation is 1. The van der Waals surface area contributed by atoms with Gasteiger partial charge in [0.25, 0.3) is 5.91 Å². The predicted molar refractivity (Wildman–Crippen MR) is 79.8 cm³/mol. The van der Waals surface area contributed by atoms with Gasteiger partial charge in [-0.2, -0.15) is 0 Å². The van der Waals surface area contributed by atoms with Gasteiger partial charge in [-0.15, -0.1) is 0 Å². The van der Waals surface area contributed by atoms with E-state index in [9.17, 15) is 9.59 Å². The first-order valence-electron chi connectivity index (χ1n) is 6.05. The molecule has 1 N–H and O–H groups in total. The van der Waals surface area contributed by atoms with Crippen molar-refractivity contribution in [3.05, 3.63) is 52.5 Å². The molecule has 2 rings (SSSR count). The molecule has 0 bridgehead atoms. The summed E-state index contributed by atoms with van der Waals surface area (Å²) in [7, 11) is 0. The number of aromatic nitrogens is 2. The van der Waals surface area contributed by atoms with Crippen molar-refractivity contribution in [2.24, 2.45) is 0 Å². The Balaban J connectivity index is 1.87. The second-order valence-electron chi connectivity index (χ2n) is 4.18. The van der Waals surface area contributed by atoms with Crippen LogP contribution in [0, 0.1) is 6.92 Å². The van der Waals surface area contributed by atoms with E-state index in [0.29, 0.717) is 5.69 Å². The quantitative estimate of drug-likeness (QED) is 0.856. The van der Waals surface area contributed by atoms with Gasteiger partial charge in [0.1, 0.15) is 0 Å². The fraction of sp³-hybridized carbons (Fsp3) is 0.143. The predicted octanol–water partition coefficient (Wildman–Crippen LogP) is 2.34. The molecule has 2 aromatic rings. The molecule has 21 heavy (non-hydrogen) atoms. The van der Waals surface area contributed by atoms with Crippen molar-refractivity contribution < 1.29 is 14.3 Å². The molecule has 6 nitrogen and oxygen atoms in total. The van der Waals surface area contributed by atoms with E-state index < -0.39 is 11.9 Å². The molecule has 0 aliphatic carbocycles. The van der Waals surface area contributed by atoms with Gasteiger partial charge in [0.05, 0.1) is 6.20 Å². The fourth-order valence-corrected chi connectivity index (χ4v) is 1.86. The van der Waals surface area contributed by atoms with Gasteiger partial charge in [-0.25, -0.2) is 9.78 Å². The second kappa shape index (κ2) is 6.94. The number of halogens is 1. The Morgan fingerprint density at radius 2 is 2.14 bits per heavy atom. The van der Waals surface area contributed by atoms with E-state index >= 15 is 0 Å². The smallest absolute Gasteiger partial charge is 0.359 e. The number of hydrogen-bond donors (Lipinski definition) is 1. The average Bonchev–Trinajstić information content (AvgIpc) is 2.49. The molecule has 108 valence electrons. The number of carbonyl (C=O) groups is 2. The first-order valence-corrected chi connectivity index (χ1v) is 6.84. The van der Waals surface area contributed by atoms with Gasteiger partial charge < -0.3 is 10.1 Å². The molecule has 0 radical (unpaired) electrons. The fourth-order valence-electron chi connectivity index (χ4n) is 1.48. The van der Waals surface area contributed by atoms with Crippen LogP contribution in [0.4, 0.5) is 5.69 Å². The Bertz CT molecular complexity index is 662. The largest absolute Gasteiger partial charge is 0.451 e. The van der Waals surface area contributed by atoms with Crippen LogP contribution in [-0.2, 0) is 9.53 Å². The van der Waals surface area contributed by atoms with Crippen molar-refractivity contribution in [1.82, 2.24) is 9.97 Å². The summed E-state index contributed by atoms with van der Waals surface area (Å²) in [6.45, 7) is 1.55. The first kappa shape index (κ1) is 15.1. The molecule has 0 fully saturated rings. The molecular weight excluding hydrogens is 338 g/mol. The van der Waals surface area contributed by atoms with Crippen LogP contribution in [0.1, 0.15) is 16.1 Å². The van der Waals surface area contributed by atoms with Gasteiger partial charge in [-0.1, -0.05) is 22.0 Å². The summed E-state index contributed by atoms with van der Waals surface area (Å²) in [5, 5.41) is 2.63. The number of anilines is 1. The molecule has 1 amide bonds. The number of rotatable bonds is 4. The molecule has 1 aromatic carbocycles. The zero-order valence-corrected chi connectivity index (χ0v) is 12.8. The van der Waals surface area contributed by atoms with Crippen molar-refractivity contribution >= 4 is 33.5 Å². The van der Waals surface area contributed by atoms with Crippen LogP contribution >= 0.6 is 15.9 Å². The lowest BCUT2D eigenvalue weighted by Crippen LogP contribution is -2.21. The Morgan fingerprint density at radius 1 is 1.33 bits per heavy atom. The van der Waals surface area contributed by atoms with Crippen LogP contribution in [0.3, 0.4) is 0 Å². The summed E-state index contributed by atoms with van der Waals surface area (Å²) in [6, 6.07) is 5.41. The van der Waals surface area contributed by atoms with Crippen molar-refractivity contribution in [2.75, 3.05) is 11.9 Å². The Kier molecular flexibility index (Phi) is 4.99. The highest BCUT2D eigenvalue weighted by Gasteiger charge is 2.11. The molecule has 0 saturated carbocycles. The summed E-state index contributed by atoms with van der Waals surface area (Å²) in [6.07, 6.45) is 4.09. The number of amides is 1. The maximum atomic E-state index is 11.7. The highest BCUT2D eigenvalue weighted by atomic mass is 79.9. The van der Waals surface area contributed by atoms with Gasteiger partial charge in [0.15, 0.2) is 12.3 Å². The minimum absolute atomic E-state index is 0.0587. The zero-order valence-electron chi connectivity index (χ0n) is 11.2. The minimum Gasteiger partial charge on any atom is -0.451 e. The van der Waals surface area contributed by atoms with Gasteiger partial charge in [-0.3, -0.25) is 9.78 Å². The lowest BCUT2D eigenvalue weighted by molar-refractivity contribution is -0.119. The Hall–Kier alpha value is -2.28. The standard InChI is InChI=1S/C14H12BrN3O3/c1-9-2-3-10(6-11(9)15)18-13(19)8-21-14(20)12-7-16-4-5-17-12/h2-7H,8H2,1H3,(H,18,19). The van der Waals surface area contributed by atoms with E-state index in [4.69, 9.17) is 4.74 Å². The van der Waals surface area contributed by atoms with Gasteiger partial charge in [0.2, 0.25) is 0 Å². The van der Waals surface area contributed by atoms with Crippen LogP contribution in [0.15, 0.2) is 41.3 Å². The number of carbonyl (C=O) groups excluding carboxylic acids is 2. The van der Waals surface area contributed by atoms with Crippen LogP contribution in [0.25, 0.3) is 0 Å². The summed E-state index contributed by atoms with van der Waals surface area (Å²) in [5.41, 5.74) is 1.73. The summed E-state index contributed by atoms with van der Waals surface area (Å²) in [5.74, 6) is -1.12. The van der Waals surface area contributed by atoms with E-state index in [0.717, 1.165) is 10.0 Å². The third kappa shape index (κ3) is 4.35. The number of ether oxygens (including phenoxy) is 1. The highest BCUT2D eigenvalue weighted by molar-refractivity contribution is 9.10. The SMILES string of the molecule is Cc1ccc(NC(=O)COC(=O)c2cnccn2)cc1Br. The highest BCUT2D eigenvalue weighted by Crippen LogP contribution is 2.20. The zero-order chi connectivity index (χ0) is 15.2. The Labute approximate surface area is 129 Å². The number of nitrogens with one attached hydrogen (secondary N) is 1. The molecule has 1 aromatic heterocycles. The van der Waals surface area contributed by atoms with Gasteiger partial charge in [0, 0.05) is 22.6 Å². The molecule has 0 saturated heterocycles. The van der Waals surface area contributed by atoms with Crippen LogP contribution in [-0.4, -0.2) is 28.5 Å². The van der Waals surface area contributed by atoms with E-state index in [1.54, 1.807) is 12.1 Å². The molecule has 0 aliphatic rings. The number of hydrogen-bond acceptors (Lipinski definition) is 5. The topological polar surface area (TPSA) is 81.2 Å². The maximum absolute atomic E-state index is 11.7. The van der Waals surface area contributed by atoms with E-state index in [-0.39, 0.29) is 12.3 Å². The average molecular weight is 350 g/mol. The van der Waals surface area contributed by atoms with E-state index in [2.05, 4.69) is 31.2 Å². The number of esters is 1. The first-order chi connectivity index (χ1) is 10.1. The third-order valence-electron chi connectivity index (χ3n) is 2.56. The summed E-state index contributed by atoms with van der Waals surface area (Å²) >= 11 is 3.38. The van der Waals surface area contributed by atoms with E-state index in [1.807, 2.05) is 13.0 Å². The molecule has 0 unspecified atom stereocenters. The third-order valence-corrected chi connectivity index (χ3v) is 3.42. The van der Waals surface area contributed by atoms with Crippen LogP contribution < -0.4 is 5.32 Å². The van der Waals surface area contributed by atoms with Gasteiger partial charge in [-0.05, 0) is 24.6 Å². The minimum atomic E-state index is -0.691. The van der Waals surface area contributed by atoms with Crippen LogP contribution in [0.5, 0.6) is 0 Å². The van der Waals surface area contributed by atoms with Crippen molar-refractivity contribution in [2.45, 2.75) is 6.92 Å². The number of benzene rings is 1. The normalized spacial score (nSPS) is 10.0. The lowest BCUT2D eigenvalue weighted by atomic mass is 10.2. The van der Waals surface area contributed by atoms with Crippen LogP contribution in [0.2, 0.25) is 0 Å². The van der Waals surface area contributed by atoms with Crippen molar-refractivity contribution in [3.63, 3.8) is 0 Å². The summed E-state index contributed by atoms with van der Waals surface area (Å²) < 4.78 is 5.74. The molecule has 0 aliphatic heterocycles. The maximum Gasteiger partial charge on any atom is 0.359 e. The lowest BCUT2D eigenvalue weighted by Gasteiger charge is -2.07. The summed E-state index contributed by atoms with van der Waals surface area (Å²) in [4.78, 5) is 30.8. The Morgan fingerprint density at radius 3 is 2.81 bits per heavy atom. The van der Waals surface area contributed by atoms with Crippen molar-refractivity contribution in [3.8, 4) is 0 Å². The monoisotopic (exact) mass is 349 g/mol. The molecule has 0 spiro atoms. The number of nitrogens with zero attached hydrogens (tertiary/aromatic N) is 2. The van der Waals surface area contributed by atoms with Crippen molar-refractivity contribution in [1.29, 1.82) is 0 Å². The molecule has 1 heterocycles. The second-order valence-corrected chi connectivity index (χ2v) is 5.03. The van der Waals surface area contributed by atoms with E-state index in [1.165, 1.54) is 18.6 Å².